The third-order valence-corrected chi connectivity index (χ3v) is 3.81. The van der Waals surface area contributed by atoms with Gasteiger partial charge in [-0.05, 0) is 25.1 Å². The van der Waals surface area contributed by atoms with Crippen molar-refractivity contribution < 1.29 is 4.74 Å². The number of nitrogens with zero attached hydrogens (tertiary/aromatic N) is 3. The van der Waals surface area contributed by atoms with Crippen LogP contribution in [0.5, 0.6) is 5.75 Å². The van der Waals surface area contributed by atoms with Gasteiger partial charge in [0.25, 0.3) is 0 Å². The van der Waals surface area contributed by atoms with Gasteiger partial charge in [0.1, 0.15) is 18.2 Å². The molecule has 1 aromatic carbocycles. The van der Waals surface area contributed by atoms with Crippen LogP contribution in [0, 0.1) is 6.92 Å². The van der Waals surface area contributed by atoms with Crippen LogP contribution in [0.2, 0.25) is 0 Å². The Balaban J connectivity index is 1.64. The minimum absolute atomic E-state index is 0.103. The van der Waals surface area contributed by atoms with Gasteiger partial charge in [0.2, 0.25) is 0 Å². The number of para-hydroxylation sites is 1. The van der Waals surface area contributed by atoms with E-state index in [1.165, 1.54) is 0 Å². The fourth-order valence-corrected chi connectivity index (χ4v) is 2.73. The van der Waals surface area contributed by atoms with Crippen LogP contribution in [0.1, 0.15) is 17.3 Å². The predicted octanol–water partition coefficient (Wildman–Crippen LogP) is 3.39. The number of benzene rings is 1. The first-order chi connectivity index (χ1) is 11.3. The topological polar surface area (TPSA) is 59.9 Å². The van der Waals surface area contributed by atoms with E-state index in [0.29, 0.717) is 12.4 Å². The summed E-state index contributed by atoms with van der Waals surface area (Å²) in [6, 6.07) is 14.0. The number of aromatic nitrogens is 3. The molecule has 1 aliphatic rings. The van der Waals surface area contributed by atoms with Gasteiger partial charge in [-0.15, -0.1) is 0 Å². The summed E-state index contributed by atoms with van der Waals surface area (Å²) in [7, 11) is 0. The molecule has 0 bridgehead atoms. The first-order valence-corrected chi connectivity index (χ1v) is 7.54. The highest BCUT2D eigenvalue weighted by atomic mass is 16.5. The second kappa shape index (κ2) is 5.68. The lowest BCUT2D eigenvalue weighted by Gasteiger charge is -2.13. The molecule has 3 aromatic rings. The Bertz CT molecular complexity index is 835. The van der Waals surface area contributed by atoms with Crippen LogP contribution in [-0.2, 0) is 0 Å². The molecular formula is C18H16N4O. The van der Waals surface area contributed by atoms with Crippen LogP contribution in [0.3, 0.4) is 0 Å². The molecule has 114 valence electrons. The number of ether oxygens (including phenoxy) is 1. The highest BCUT2D eigenvalue weighted by molar-refractivity contribution is 5.57. The highest BCUT2D eigenvalue weighted by Gasteiger charge is 2.23. The van der Waals surface area contributed by atoms with Crippen LogP contribution in [0.15, 0.2) is 54.9 Å². The van der Waals surface area contributed by atoms with E-state index in [2.05, 4.69) is 26.3 Å². The lowest BCUT2D eigenvalue weighted by Crippen LogP contribution is -2.13. The van der Waals surface area contributed by atoms with Crippen molar-refractivity contribution in [2.75, 3.05) is 11.9 Å². The second-order valence-corrected chi connectivity index (χ2v) is 5.50. The maximum absolute atomic E-state index is 5.71. The lowest BCUT2D eigenvalue weighted by molar-refractivity contribution is 0.339. The van der Waals surface area contributed by atoms with E-state index in [1.54, 1.807) is 12.4 Å². The SMILES string of the molecule is Cc1cc(NC2COc3ccccc32)nc(-c2ccncc2)n1. The first-order valence-electron chi connectivity index (χ1n) is 7.54. The molecule has 1 unspecified atom stereocenters. The summed E-state index contributed by atoms with van der Waals surface area (Å²) in [6.45, 7) is 2.57. The maximum atomic E-state index is 5.71. The zero-order valence-corrected chi connectivity index (χ0v) is 12.7. The molecule has 0 fully saturated rings. The second-order valence-electron chi connectivity index (χ2n) is 5.50. The van der Waals surface area contributed by atoms with Gasteiger partial charge in [-0.2, -0.15) is 0 Å². The minimum atomic E-state index is 0.103. The van der Waals surface area contributed by atoms with Crippen LogP contribution in [0.25, 0.3) is 11.4 Å². The zero-order chi connectivity index (χ0) is 15.6. The summed E-state index contributed by atoms with van der Waals surface area (Å²) in [5.41, 5.74) is 3.03. The van der Waals surface area contributed by atoms with Gasteiger partial charge >= 0.3 is 0 Å². The summed E-state index contributed by atoms with van der Waals surface area (Å²) in [5, 5.41) is 3.46. The van der Waals surface area contributed by atoms with Gasteiger partial charge < -0.3 is 10.1 Å². The Hall–Kier alpha value is -2.95. The summed E-state index contributed by atoms with van der Waals surface area (Å²) in [5.74, 6) is 2.43. The summed E-state index contributed by atoms with van der Waals surface area (Å²) < 4.78 is 5.71. The molecule has 0 saturated carbocycles. The molecule has 0 amide bonds. The van der Waals surface area contributed by atoms with Crippen LogP contribution < -0.4 is 10.1 Å². The molecule has 5 heteroatoms. The van der Waals surface area contributed by atoms with Crippen molar-refractivity contribution in [3.8, 4) is 17.1 Å². The van der Waals surface area contributed by atoms with Crippen molar-refractivity contribution in [2.24, 2.45) is 0 Å². The summed E-state index contributed by atoms with van der Waals surface area (Å²) in [6.07, 6.45) is 3.49. The lowest BCUT2D eigenvalue weighted by atomic mass is 10.1. The molecule has 0 spiro atoms. The van der Waals surface area contributed by atoms with E-state index in [9.17, 15) is 0 Å². The molecule has 0 saturated heterocycles. The van der Waals surface area contributed by atoms with Crippen LogP contribution in [-0.4, -0.2) is 21.6 Å². The van der Waals surface area contributed by atoms with Crippen molar-refractivity contribution >= 4 is 5.82 Å². The highest BCUT2D eigenvalue weighted by Crippen LogP contribution is 2.34. The molecule has 0 radical (unpaired) electrons. The Morgan fingerprint density at radius 2 is 1.91 bits per heavy atom. The van der Waals surface area contributed by atoms with Crippen molar-refractivity contribution in [2.45, 2.75) is 13.0 Å². The Labute approximate surface area is 134 Å². The van der Waals surface area contributed by atoms with Crippen LogP contribution in [0.4, 0.5) is 5.82 Å². The van der Waals surface area contributed by atoms with Gasteiger partial charge in [-0.3, -0.25) is 4.98 Å². The Kier molecular flexibility index (Phi) is 3.38. The van der Waals surface area contributed by atoms with E-state index in [1.807, 2.05) is 43.3 Å². The quantitative estimate of drug-likeness (QED) is 0.803. The average Bonchev–Trinajstić information content (AvgIpc) is 2.98. The van der Waals surface area contributed by atoms with Crippen molar-refractivity contribution in [1.82, 2.24) is 15.0 Å². The van der Waals surface area contributed by atoms with Gasteiger partial charge in [0, 0.05) is 35.3 Å². The van der Waals surface area contributed by atoms with E-state index < -0.39 is 0 Å². The smallest absolute Gasteiger partial charge is 0.161 e. The molecule has 1 aliphatic heterocycles. The van der Waals surface area contributed by atoms with Gasteiger partial charge in [0.15, 0.2) is 5.82 Å². The van der Waals surface area contributed by atoms with E-state index in [4.69, 9.17) is 4.74 Å². The zero-order valence-electron chi connectivity index (χ0n) is 12.7. The molecule has 1 N–H and O–H groups in total. The molecule has 3 heterocycles. The van der Waals surface area contributed by atoms with Gasteiger partial charge in [-0.1, -0.05) is 18.2 Å². The number of fused-ring (bicyclic) bond motifs is 1. The molecular weight excluding hydrogens is 288 g/mol. The molecule has 1 atom stereocenters. The third-order valence-electron chi connectivity index (χ3n) is 3.81. The van der Waals surface area contributed by atoms with Crippen molar-refractivity contribution in [3.05, 3.63) is 66.1 Å². The number of hydrogen-bond acceptors (Lipinski definition) is 5. The standard InChI is InChI=1S/C18H16N4O/c1-12-10-17(22-18(20-12)13-6-8-19-9-7-13)21-15-11-23-16-5-3-2-4-14(15)16/h2-10,15H,11H2,1H3,(H,20,21,22). The molecule has 23 heavy (non-hydrogen) atoms. The van der Waals surface area contributed by atoms with E-state index >= 15 is 0 Å². The third kappa shape index (κ3) is 2.73. The average molecular weight is 304 g/mol. The fourth-order valence-electron chi connectivity index (χ4n) is 2.73. The number of pyridine rings is 1. The van der Waals surface area contributed by atoms with Crippen LogP contribution >= 0.6 is 0 Å². The molecule has 2 aromatic heterocycles. The predicted molar refractivity (Wildman–Crippen MR) is 88.3 cm³/mol. The summed E-state index contributed by atoms with van der Waals surface area (Å²) >= 11 is 0. The minimum Gasteiger partial charge on any atom is -0.491 e. The number of nitrogens with one attached hydrogen (secondary N) is 1. The number of hydrogen-bond donors (Lipinski definition) is 1. The normalized spacial score (nSPS) is 15.8. The molecule has 4 rings (SSSR count). The largest absolute Gasteiger partial charge is 0.491 e. The first kappa shape index (κ1) is 13.7. The van der Waals surface area contributed by atoms with Gasteiger partial charge in [-0.25, -0.2) is 9.97 Å². The maximum Gasteiger partial charge on any atom is 0.161 e. The fraction of sp³-hybridized carbons (Fsp3) is 0.167. The Morgan fingerprint density at radius 3 is 2.78 bits per heavy atom. The Morgan fingerprint density at radius 1 is 1.09 bits per heavy atom. The molecule has 5 nitrogen and oxygen atoms in total. The van der Waals surface area contributed by atoms with E-state index in [-0.39, 0.29) is 6.04 Å². The molecule has 0 aliphatic carbocycles. The number of aryl methyl sites for hydroxylation is 1. The number of rotatable bonds is 3. The monoisotopic (exact) mass is 304 g/mol. The van der Waals surface area contributed by atoms with E-state index in [0.717, 1.165) is 28.4 Å². The summed E-state index contributed by atoms with van der Waals surface area (Å²) in [4.78, 5) is 13.2. The van der Waals surface area contributed by atoms with Crippen molar-refractivity contribution in [3.63, 3.8) is 0 Å². The van der Waals surface area contributed by atoms with Crippen molar-refractivity contribution in [1.29, 1.82) is 0 Å². The van der Waals surface area contributed by atoms with Gasteiger partial charge in [0.05, 0.1) is 6.04 Å². The number of anilines is 1.